The molecular weight excluding hydrogens is 326 g/mol. The van der Waals surface area contributed by atoms with Gasteiger partial charge in [-0.15, -0.1) is 0 Å². The van der Waals surface area contributed by atoms with Crippen LogP contribution in [0.15, 0.2) is 36.4 Å². The highest BCUT2D eigenvalue weighted by Gasteiger charge is 2.18. The topological polar surface area (TPSA) is 72.6 Å². The zero-order valence-corrected chi connectivity index (χ0v) is 14.6. The molecule has 0 aliphatic rings. The summed E-state index contributed by atoms with van der Waals surface area (Å²) >= 11 is 6.04. The average molecular weight is 348 g/mol. The molecule has 1 unspecified atom stereocenters. The van der Waals surface area contributed by atoms with Crippen molar-refractivity contribution in [1.29, 1.82) is 0 Å². The summed E-state index contributed by atoms with van der Waals surface area (Å²) in [7, 11) is 0. The van der Waals surface area contributed by atoms with Gasteiger partial charge in [0.25, 0.3) is 5.91 Å². The van der Waals surface area contributed by atoms with Gasteiger partial charge < -0.3 is 15.6 Å². The van der Waals surface area contributed by atoms with Crippen molar-refractivity contribution in [3.63, 3.8) is 0 Å². The van der Waals surface area contributed by atoms with Crippen LogP contribution in [0.1, 0.15) is 42.2 Å². The predicted octanol–water partition coefficient (Wildman–Crippen LogP) is 3.56. The monoisotopic (exact) mass is 347 g/mol. The summed E-state index contributed by atoms with van der Waals surface area (Å²) in [6.45, 7) is 4.35. The second-order valence-electron chi connectivity index (χ2n) is 5.59. The van der Waals surface area contributed by atoms with Crippen molar-refractivity contribution >= 4 is 17.5 Å². The van der Waals surface area contributed by atoms with Crippen molar-refractivity contribution in [2.24, 2.45) is 5.73 Å². The number of amides is 1. The summed E-state index contributed by atoms with van der Waals surface area (Å²) in [4.78, 5) is 11.3. The molecule has 2 rings (SSSR count). The molecule has 128 valence electrons. The molecule has 5 heteroatoms. The molecule has 0 saturated carbocycles. The summed E-state index contributed by atoms with van der Waals surface area (Å²) in [5.41, 5.74) is 8.54. The van der Waals surface area contributed by atoms with Gasteiger partial charge in [0.1, 0.15) is 12.4 Å². The number of aryl methyl sites for hydroxylation is 2. The van der Waals surface area contributed by atoms with Crippen LogP contribution in [-0.4, -0.2) is 11.0 Å². The number of carbonyl (C=O) groups is 1. The highest BCUT2D eigenvalue weighted by Crippen LogP contribution is 2.26. The largest absolute Gasteiger partial charge is 0.489 e. The van der Waals surface area contributed by atoms with Gasteiger partial charge in [0.15, 0.2) is 6.10 Å². The number of carbonyl (C=O) groups excluding carboxylic acids is 1. The summed E-state index contributed by atoms with van der Waals surface area (Å²) in [5.74, 6) is -0.00265. The Hall–Kier alpha value is -2.04. The van der Waals surface area contributed by atoms with E-state index in [1.165, 1.54) is 5.56 Å². The van der Waals surface area contributed by atoms with Gasteiger partial charge in [-0.3, -0.25) is 4.79 Å². The molecule has 3 N–H and O–H groups in total. The lowest BCUT2D eigenvalue weighted by Gasteiger charge is -2.16. The lowest BCUT2D eigenvalue weighted by atomic mass is 10.0. The van der Waals surface area contributed by atoms with Gasteiger partial charge in [-0.25, -0.2) is 0 Å². The molecule has 4 nitrogen and oxygen atoms in total. The lowest BCUT2D eigenvalue weighted by Crippen LogP contribution is -2.22. The summed E-state index contributed by atoms with van der Waals surface area (Å²) in [5, 5.41) is 10.5. The van der Waals surface area contributed by atoms with Gasteiger partial charge in [0.2, 0.25) is 0 Å². The van der Waals surface area contributed by atoms with Crippen LogP contribution in [0.25, 0.3) is 0 Å². The third kappa shape index (κ3) is 4.28. The molecule has 2 aromatic rings. The van der Waals surface area contributed by atoms with Crippen LogP contribution in [0.4, 0.5) is 0 Å². The number of benzene rings is 2. The molecule has 1 amide bonds. The van der Waals surface area contributed by atoms with Crippen molar-refractivity contribution in [3.8, 4) is 5.75 Å². The Labute approximate surface area is 147 Å². The van der Waals surface area contributed by atoms with E-state index < -0.39 is 12.0 Å². The fraction of sp³-hybridized carbons (Fsp3) is 0.316. The van der Waals surface area contributed by atoms with E-state index in [4.69, 9.17) is 22.1 Å². The lowest BCUT2D eigenvalue weighted by molar-refractivity contribution is -0.126. The van der Waals surface area contributed by atoms with Crippen molar-refractivity contribution in [2.45, 2.75) is 39.4 Å². The van der Waals surface area contributed by atoms with Crippen LogP contribution in [0.5, 0.6) is 5.75 Å². The average Bonchev–Trinajstić information content (AvgIpc) is 2.59. The first kappa shape index (κ1) is 18.3. The molecule has 0 spiro atoms. The van der Waals surface area contributed by atoms with E-state index in [0.717, 1.165) is 24.2 Å². The third-order valence-electron chi connectivity index (χ3n) is 3.97. The number of hydrogen-bond donors (Lipinski definition) is 2. The SMILES string of the molecule is CCc1ccc(CC)c(OCc2cc(Cl)ccc2C(O)C(N)=O)c1. The van der Waals surface area contributed by atoms with Crippen LogP contribution in [0, 0.1) is 0 Å². The Morgan fingerprint density at radius 3 is 2.54 bits per heavy atom. The molecule has 24 heavy (non-hydrogen) atoms. The van der Waals surface area contributed by atoms with Gasteiger partial charge in [-0.05, 0) is 53.3 Å². The Bertz CT molecular complexity index is 731. The van der Waals surface area contributed by atoms with E-state index in [1.54, 1.807) is 18.2 Å². The Balaban J connectivity index is 2.29. The number of nitrogens with two attached hydrogens (primary N) is 1. The molecule has 1 atom stereocenters. The smallest absolute Gasteiger partial charge is 0.250 e. The number of aliphatic hydroxyl groups is 1. The fourth-order valence-electron chi connectivity index (χ4n) is 2.52. The van der Waals surface area contributed by atoms with E-state index >= 15 is 0 Å². The number of rotatable bonds is 7. The van der Waals surface area contributed by atoms with E-state index in [9.17, 15) is 9.90 Å². The van der Waals surface area contributed by atoms with Crippen LogP contribution < -0.4 is 10.5 Å². The van der Waals surface area contributed by atoms with Crippen molar-refractivity contribution < 1.29 is 14.6 Å². The van der Waals surface area contributed by atoms with E-state index in [0.29, 0.717) is 16.1 Å². The van der Waals surface area contributed by atoms with E-state index in [2.05, 4.69) is 26.0 Å². The van der Waals surface area contributed by atoms with Crippen LogP contribution in [-0.2, 0) is 24.2 Å². The minimum Gasteiger partial charge on any atom is -0.489 e. The van der Waals surface area contributed by atoms with Gasteiger partial charge in [-0.2, -0.15) is 0 Å². The summed E-state index contributed by atoms with van der Waals surface area (Å²) in [6, 6.07) is 11.1. The Morgan fingerprint density at radius 2 is 1.92 bits per heavy atom. The highest BCUT2D eigenvalue weighted by molar-refractivity contribution is 6.30. The zero-order chi connectivity index (χ0) is 17.7. The number of halogens is 1. The zero-order valence-electron chi connectivity index (χ0n) is 13.9. The molecule has 0 aliphatic heterocycles. The summed E-state index contributed by atoms with van der Waals surface area (Å²) < 4.78 is 5.96. The Morgan fingerprint density at radius 1 is 1.17 bits per heavy atom. The molecule has 0 bridgehead atoms. The number of primary amides is 1. The second-order valence-corrected chi connectivity index (χ2v) is 6.02. The second kappa shape index (κ2) is 8.18. The summed E-state index contributed by atoms with van der Waals surface area (Å²) in [6.07, 6.45) is 0.392. The molecule has 0 saturated heterocycles. The highest BCUT2D eigenvalue weighted by atomic mass is 35.5. The number of aliphatic hydroxyl groups excluding tert-OH is 1. The van der Waals surface area contributed by atoms with Gasteiger partial charge in [0.05, 0.1) is 0 Å². The minimum absolute atomic E-state index is 0.195. The van der Waals surface area contributed by atoms with Crippen LogP contribution >= 0.6 is 11.6 Å². The third-order valence-corrected chi connectivity index (χ3v) is 4.21. The number of ether oxygens (including phenoxy) is 1. The maximum Gasteiger partial charge on any atom is 0.250 e. The van der Waals surface area contributed by atoms with Crippen molar-refractivity contribution in [2.75, 3.05) is 0 Å². The van der Waals surface area contributed by atoms with Crippen molar-refractivity contribution in [3.05, 3.63) is 63.7 Å². The van der Waals surface area contributed by atoms with Gasteiger partial charge >= 0.3 is 0 Å². The molecule has 2 aromatic carbocycles. The molecule has 0 aliphatic carbocycles. The van der Waals surface area contributed by atoms with Gasteiger partial charge in [-0.1, -0.05) is 43.6 Å². The first-order valence-electron chi connectivity index (χ1n) is 7.96. The number of hydrogen-bond acceptors (Lipinski definition) is 3. The molecular formula is C19H22ClNO3. The standard InChI is InChI=1S/C19H22ClNO3/c1-3-12-5-6-13(4-2)17(9-12)24-11-14-10-15(20)7-8-16(14)18(22)19(21)23/h5-10,18,22H,3-4,11H2,1-2H3,(H2,21,23). The maximum atomic E-state index is 11.3. The van der Waals surface area contributed by atoms with E-state index in [-0.39, 0.29) is 6.61 Å². The molecule has 0 aromatic heterocycles. The minimum atomic E-state index is -1.38. The van der Waals surface area contributed by atoms with E-state index in [1.807, 2.05) is 6.07 Å². The van der Waals surface area contributed by atoms with Gasteiger partial charge in [0, 0.05) is 5.02 Å². The van der Waals surface area contributed by atoms with Crippen LogP contribution in [0.3, 0.4) is 0 Å². The first-order chi connectivity index (χ1) is 11.5. The first-order valence-corrected chi connectivity index (χ1v) is 8.34. The van der Waals surface area contributed by atoms with Crippen molar-refractivity contribution in [1.82, 2.24) is 0 Å². The Kier molecular flexibility index (Phi) is 6.23. The maximum absolute atomic E-state index is 11.3. The molecule has 0 heterocycles. The molecule has 0 radical (unpaired) electrons. The predicted molar refractivity (Wildman–Crippen MR) is 95.1 cm³/mol. The molecule has 0 fully saturated rings. The fourth-order valence-corrected chi connectivity index (χ4v) is 2.71. The van der Waals surface area contributed by atoms with Crippen LogP contribution in [0.2, 0.25) is 5.02 Å². The quantitative estimate of drug-likeness (QED) is 0.804. The normalized spacial score (nSPS) is 12.0.